The standard InChI is InChI=1S/C17H15N3O/c21-17(12-6-7-12)20-15-10-14(11-4-2-1-3-5-11)13-8-9-18-16(13)19-15/h1-5,8-10,12H,6-7H2,(H2,18,19,20,21). The Kier molecular flexibility index (Phi) is 2.74. The van der Waals surface area contributed by atoms with E-state index in [1.807, 2.05) is 36.5 Å². The van der Waals surface area contributed by atoms with E-state index in [4.69, 9.17) is 0 Å². The van der Waals surface area contributed by atoms with Gasteiger partial charge in [0.05, 0.1) is 0 Å². The Hall–Kier alpha value is -2.62. The molecule has 0 radical (unpaired) electrons. The molecule has 4 heteroatoms. The van der Waals surface area contributed by atoms with Crippen LogP contribution in [0.25, 0.3) is 22.2 Å². The van der Waals surface area contributed by atoms with Crippen LogP contribution in [0, 0.1) is 5.92 Å². The molecule has 1 amide bonds. The average Bonchev–Trinajstić information content (AvgIpc) is 3.26. The van der Waals surface area contributed by atoms with Crippen LogP contribution < -0.4 is 5.32 Å². The third-order valence-corrected chi connectivity index (χ3v) is 3.81. The molecule has 2 N–H and O–H groups in total. The van der Waals surface area contributed by atoms with Gasteiger partial charge in [-0.15, -0.1) is 0 Å². The van der Waals surface area contributed by atoms with Crippen molar-refractivity contribution in [2.75, 3.05) is 5.32 Å². The van der Waals surface area contributed by atoms with Gasteiger partial charge >= 0.3 is 0 Å². The summed E-state index contributed by atoms with van der Waals surface area (Å²) in [5.74, 6) is 0.861. The van der Waals surface area contributed by atoms with Crippen LogP contribution >= 0.6 is 0 Å². The summed E-state index contributed by atoms with van der Waals surface area (Å²) in [6.45, 7) is 0. The second-order valence-electron chi connectivity index (χ2n) is 5.42. The van der Waals surface area contributed by atoms with Crippen LogP contribution in [0.2, 0.25) is 0 Å². The van der Waals surface area contributed by atoms with Gasteiger partial charge in [0.25, 0.3) is 0 Å². The molecule has 1 aliphatic rings. The average molecular weight is 277 g/mol. The van der Waals surface area contributed by atoms with Crippen molar-refractivity contribution in [1.29, 1.82) is 0 Å². The minimum absolute atomic E-state index is 0.0763. The highest BCUT2D eigenvalue weighted by Crippen LogP contribution is 2.32. The van der Waals surface area contributed by atoms with Crippen LogP contribution in [0.4, 0.5) is 5.82 Å². The summed E-state index contributed by atoms with van der Waals surface area (Å²) in [5.41, 5.74) is 2.99. The van der Waals surface area contributed by atoms with Crippen LogP contribution in [0.1, 0.15) is 12.8 Å². The molecule has 1 saturated carbocycles. The van der Waals surface area contributed by atoms with Crippen LogP contribution in [0.5, 0.6) is 0 Å². The Morgan fingerprint density at radius 1 is 1.19 bits per heavy atom. The first-order valence-corrected chi connectivity index (χ1v) is 7.16. The van der Waals surface area contributed by atoms with Gasteiger partial charge in [-0.3, -0.25) is 4.79 Å². The Labute approximate surface area is 122 Å². The molecule has 2 aromatic heterocycles. The smallest absolute Gasteiger partial charge is 0.228 e. The van der Waals surface area contributed by atoms with E-state index in [0.29, 0.717) is 5.82 Å². The molecular formula is C17H15N3O. The third-order valence-electron chi connectivity index (χ3n) is 3.81. The molecule has 1 aliphatic carbocycles. The van der Waals surface area contributed by atoms with E-state index < -0.39 is 0 Å². The number of benzene rings is 1. The number of aromatic nitrogens is 2. The molecule has 21 heavy (non-hydrogen) atoms. The first-order chi connectivity index (χ1) is 10.3. The number of hydrogen-bond acceptors (Lipinski definition) is 2. The van der Waals surface area contributed by atoms with Gasteiger partial charge in [0.15, 0.2) is 0 Å². The molecule has 4 rings (SSSR count). The summed E-state index contributed by atoms with van der Waals surface area (Å²) in [4.78, 5) is 19.5. The number of nitrogens with zero attached hydrogens (tertiary/aromatic N) is 1. The fraction of sp³-hybridized carbons (Fsp3) is 0.176. The van der Waals surface area contributed by atoms with E-state index >= 15 is 0 Å². The lowest BCUT2D eigenvalue weighted by Crippen LogP contribution is -2.14. The van der Waals surface area contributed by atoms with E-state index in [0.717, 1.165) is 35.0 Å². The molecule has 1 aromatic carbocycles. The number of carbonyl (C=O) groups excluding carboxylic acids is 1. The first-order valence-electron chi connectivity index (χ1n) is 7.16. The zero-order chi connectivity index (χ0) is 14.2. The molecule has 2 heterocycles. The number of rotatable bonds is 3. The topological polar surface area (TPSA) is 57.8 Å². The van der Waals surface area contributed by atoms with Crippen molar-refractivity contribution >= 4 is 22.8 Å². The Bertz CT molecular complexity index is 803. The zero-order valence-electron chi connectivity index (χ0n) is 11.5. The summed E-state index contributed by atoms with van der Waals surface area (Å²) in [7, 11) is 0. The number of aromatic amines is 1. The maximum atomic E-state index is 11.9. The molecular weight excluding hydrogens is 262 g/mol. The van der Waals surface area contributed by atoms with Gasteiger partial charge in [0.2, 0.25) is 5.91 Å². The molecule has 3 aromatic rings. The lowest BCUT2D eigenvalue weighted by atomic mass is 10.0. The highest BCUT2D eigenvalue weighted by molar-refractivity contribution is 5.98. The van der Waals surface area contributed by atoms with Crippen molar-refractivity contribution in [1.82, 2.24) is 9.97 Å². The van der Waals surface area contributed by atoms with Gasteiger partial charge in [-0.1, -0.05) is 30.3 Å². The highest BCUT2D eigenvalue weighted by Gasteiger charge is 2.30. The quantitative estimate of drug-likeness (QED) is 0.768. The van der Waals surface area contributed by atoms with E-state index in [-0.39, 0.29) is 11.8 Å². The van der Waals surface area contributed by atoms with E-state index in [2.05, 4.69) is 27.4 Å². The summed E-state index contributed by atoms with van der Waals surface area (Å²) in [5, 5.41) is 3.99. The number of amides is 1. The van der Waals surface area contributed by atoms with E-state index in [1.165, 1.54) is 0 Å². The van der Waals surface area contributed by atoms with Crippen LogP contribution in [-0.2, 0) is 4.79 Å². The minimum atomic E-state index is 0.0763. The zero-order valence-corrected chi connectivity index (χ0v) is 11.5. The van der Waals surface area contributed by atoms with Gasteiger partial charge in [-0.05, 0) is 36.1 Å². The maximum absolute atomic E-state index is 11.9. The number of hydrogen-bond donors (Lipinski definition) is 2. The molecule has 4 nitrogen and oxygen atoms in total. The second kappa shape index (κ2) is 4.74. The number of anilines is 1. The normalized spacial score (nSPS) is 14.3. The van der Waals surface area contributed by atoms with Gasteiger partial charge in [-0.25, -0.2) is 4.98 Å². The third kappa shape index (κ3) is 2.29. The maximum Gasteiger partial charge on any atom is 0.228 e. The summed E-state index contributed by atoms with van der Waals surface area (Å²) >= 11 is 0. The minimum Gasteiger partial charge on any atom is -0.346 e. The number of carbonyl (C=O) groups is 1. The van der Waals surface area contributed by atoms with Gasteiger partial charge in [-0.2, -0.15) is 0 Å². The lowest BCUT2D eigenvalue weighted by molar-refractivity contribution is -0.117. The summed E-state index contributed by atoms with van der Waals surface area (Å²) < 4.78 is 0. The van der Waals surface area contributed by atoms with Crippen molar-refractivity contribution in [2.24, 2.45) is 5.92 Å². The molecule has 104 valence electrons. The molecule has 0 unspecified atom stereocenters. The van der Waals surface area contributed by atoms with Gasteiger partial charge < -0.3 is 10.3 Å². The predicted molar refractivity (Wildman–Crippen MR) is 82.9 cm³/mol. The highest BCUT2D eigenvalue weighted by atomic mass is 16.2. The molecule has 0 atom stereocenters. The predicted octanol–water partition coefficient (Wildman–Crippen LogP) is 3.58. The Morgan fingerprint density at radius 2 is 2.00 bits per heavy atom. The van der Waals surface area contributed by atoms with E-state index in [9.17, 15) is 4.79 Å². The fourth-order valence-corrected chi connectivity index (χ4v) is 2.53. The van der Waals surface area contributed by atoms with Gasteiger partial charge in [0.1, 0.15) is 11.5 Å². The number of pyridine rings is 1. The molecule has 0 aliphatic heterocycles. The molecule has 0 saturated heterocycles. The lowest BCUT2D eigenvalue weighted by Gasteiger charge is -2.08. The monoisotopic (exact) mass is 277 g/mol. The Morgan fingerprint density at radius 3 is 2.76 bits per heavy atom. The summed E-state index contributed by atoms with van der Waals surface area (Å²) in [6, 6.07) is 14.1. The second-order valence-corrected chi connectivity index (χ2v) is 5.42. The van der Waals surface area contributed by atoms with Crippen molar-refractivity contribution in [3.8, 4) is 11.1 Å². The van der Waals surface area contributed by atoms with Crippen LogP contribution in [0.15, 0.2) is 48.7 Å². The van der Waals surface area contributed by atoms with Crippen molar-refractivity contribution in [3.63, 3.8) is 0 Å². The van der Waals surface area contributed by atoms with Crippen LogP contribution in [0.3, 0.4) is 0 Å². The van der Waals surface area contributed by atoms with E-state index in [1.54, 1.807) is 0 Å². The molecule has 0 spiro atoms. The SMILES string of the molecule is O=C(Nc1cc(-c2ccccc2)c2cc[nH]c2n1)C1CC1. The van der Waals surface area contributed by atoms with Crippen molar-refractivity contribution in [3.05, 3.63) is 48.7 Å². The van der Waals surface area contributed by atoms with Crippen molar-refractivity contribution < 1.29 is 4.79 Å². The Balaban J connectivity index is 1.80. The first kappa shape index (κ1) is 12.1. The van der Waals surface area contributed by atoms with Crippen molar-refractivity contribution in [2.45, 2.75) is 12.8 Å². The van der Waals surface area contributed by atoms with Gasteiger partial charge in [0, 0.05) is 17.5 Å². The molecule has 0 bridgehead atoms. The fourth-order valence-electron chi connectivity index (χ4n) is 2.53. The number of nitrogens with one attached hydrogen (secondary N) is 2. The largest absolute Gasteiger partial charge is 0.346 e. The van der Waals surface area contributed by atoms with Crippen LogP contribution in [-0.4, -0.2) is 15.9 Å². The number of H-pyrrole nitrogens is 1. The number of fused-ring (bicyclic) bond motifs is 1. The summed E-state index contributed by atoms with van der Waals surface area (Å²) in [6.07, 6.45) is 3.85. The molecule has 1 fully saturated rings.